The van der Waals surface area contributed by atoms with Gasteiger partial charge in [0.05, 0.1) is 0 Å². The molecule has 92 valence electrons. The van der Waals surface area contributed by atoms with E-state index in [0.717, 1.165) is 18.5 Å². The first-order valence-electron chi connectivity index (χ1n) is 6.73. The van der Waals surface area contributed by atoms with E-state index in [0.29, 0.717) is 6.04 Å². The maximum absolute atomic E-state index is 6.09. The number of pyridine rings is 1. The second-order valence-corrected chi connectivity index (χ2v) is 5.47. The molecule has 0 radical (unpaired) electrons. The van der Waals surface area contributed by atoms with Gasteiger partial charge in [-0.3, -0.25) is 9.88 Å². The number of piperidine rings is 1. The summed E-state index contributed by atoms with van der Waals surface area (Å²) >= 11 is 0. The van der Waals surface area contributed by atoms with Crippen molar-refractivity contribution in [2.45, 2.75) is 50.2 Å². The Morgan fingerprint density at radius 3 is 2.71 bits per heavy atom. The minimum absolute atomic E-state index is 0.446. The van der Waals surface area contributed by atoms with Gasteiger partial charge in [-0.25, -0.2) is 0 Å². The molecule has 2 aliphatic rings. The normalized spacial score (nSPS) is 32.9. The fourth-order valence-electron chi connectivity index (χ4n) is 3.49. The van der Waals surface area contributed by atoms with Crippen LogP contribution in [0, 0.1) is 0 Å². The first-order chi connectivity index (χ1) is 8.33. The van der Waals surface area contributed by atoms with Crippen molar-refractivity contribution in [1.82, 2.24) is 9.88 Å². The van der Waals surface area contributed by atoms with Gasteiger partial charge < -0.3 is 5.73 Å². The Balaban J connectivity index is 1.60. The summed E-state index contributed by atoms with van der Waals surface area (Å²) in [5.74, 6) is 0. The summed E-state index contributed by atoms with van der Waals surface area (Å²) in [6.45, 7) is 1.17. The first kappa shape index (κ1) is 11.2. The summed E-state index contributed by atoms with van der Waals surface area (Å²) in [7, 11) is 0. The van der Waals surface area contributed by atoms with Crippen molar-refractivity contribution >= 4 is 0 Å². The van der Waals surface area contributed by atoms with Crippen molar-refractivity contribution < 1.29 is 0 Å². The fourth-order valence-corrected chi connectivity index (χ4v) is 3.49. The molecule has 2 fully saturated rings. The molecule has 2 atom stereocenters. The van der Waals surface area contributed by atoms with Gasteiger partial charge in [0.25, 0.3) is 0 Å². The predicted molar refractivity (Wildman–Crippen MR) is 68.7 cm³/mol. The van der Waals surface area contributed by atoms with Gasteiger partial charge in [0, 0.05) is 37.1 Å². The Labute approximate surface area is 103 Å². The fraction of sp³-hybridized carbons (Fsp3) is 0.643. The number of nitrogens with two attached hydrogens (primary N) is 1. The molecule has 1 aromatic heterocycles. The number of hydrogen-bond donors (Lipinski definition) is 1. The molecule has 3 nitrogen and oxygen atoms in total. The maximum atomic E-state index is 6.09. The summed E-state index contributed by atoms with van der Waals surface area (Å²) in [6.07, 6.45) is 10.0. The average Bonchev–Trinajstić information content (AvgIpc) is 2.59. The van der Waals surface area contributed by atoms with E-state index in [1.165, 1.54) is 37.8 Å². The number of hydrogen-bond acceptors (Lipinski definition) is 3. The van der Waals surface area contributed by atoms with Crippen molar-refractivity contribution in [1.29, 1.82) is 0 Å². The van der Waals surface area contributed by atoms with Crippen LogP contribution in [0.5, 0.6) is 0 Å². The summed E-state index contributed by atoms with van der Waals surface area (Å²) in [4.78, 5) is 6.87. The molecule has 2 bridgehead atoms. The van der Waals surface area contributed by atoms with Crippen LogP contribution < -0.4 is 5.73 Å². The second-order valence-electron chi connectivity index (χ2n) is 5.47. The van der Waals surface area contributed by atoms with Gasteiger partial charge >= 0.3 is 0 Å². The summed E-state index contributed by atoms with van der Waals surface area (Å²) < 4.78 is 0. The molecule has 2 aliphatic heterocycles. The van der Waals surface area contributed by atoms with Crippen LogP contribution in [-0.2, 0) is 6.42 Å². The van der Waals surface area contributed by atoms with E-state index in [1.807, 2.05) is 18.5 Å². The quantitative estimate of drug-likeness (QED) is 0.858. The minimum atomic E-state index is 0.446. The third-order valence-corrected chi connectivity index (χ3v) is 4.30. The zero-order valence-corrected chi connectivity index (χ0v) is 10.3. The molecule has 2 saturated heterocycles. The van der Waals surface area contributed by atoms with Gasteiger partial charge in [-0.05, 0) is 43.7 Å². The van der Waals surface area contributed by atoms with Crippen molar-refractivity contribution in [3.8, 4) is 0 Å². The van der Waals surface area contributed by atoms with E-state index in [4.69, 9.17) is 5.73 Å². The zero-order chi connectivity index (χ0) is 11.7. The molecular formula is C14H21N3. The molecule has 2 N–H and O–H groups in total. The molecule has 0 saturated carbocycles. The lowest BCUT2D eigenvalue weighted by Gasteiger charge is -2.37. The van der Waals surface area contributed by atoms with Gasteiger partial charge in [0.15, 0.2) is 0 Å². The van der Waals surface area contributed by atoms with Crippen molar-refractivity contribution in [2.24, 2.45) is 5.73 Å². The number of aromatic nitrogens is 1. The minimum Gasteiger partial charge on any atom is -0.328 e. The van der Waals surface area contributed by atoms with Crippen LogP contribution >= 0.6 is 0 Å². The van der Waals surface area contributed by atoms with E-state index >= 15 is 0 Å². The Kier molecular flexibility index (Phi) is 3.12. The van der Waals surface area contributed by atoms with Crippen LogP contribution in [0.15, 0.2) is 24.5 Å². The van der Waals surface area contributed by atoms with Crippen LogP contribution in [0.3, 0.4) is 0 Å². The lowest BCUT2D eigenvalue weighted by molar-refractivity contribution is 0.129. The highest BCUT2D eigenvalue weighted by Crippen LogP contribution is 2.34. The molecule has 2 unspecified atom stereocenters. The van der Waals surface area contributed by atoms with E-state index in [-0.39, 0.29) is 0 Å². The molecule has 0 spiro atoms. The highest BCUT2D eigenvalue weighted by atomic mass is 15.2. The number of fused-ring (bicyclic) bond motifs is 2. The summed E-state index contributed by atoms with van der Waals surface area (Å²) in [5.41, 5.74) is 7.44. The Morgan fingerprint density at radius 1 is 1.29 bits per heavy atom. The van der Waals surface area contributed by atoms with Crippen molar-refractivity contribution in [3.05, 3.63) is 30.1 Å². The Bertz CT molecular complexity index is 351. The lowest BCUT2D eigenvalue weighted by atomic mass is 9.97. The molecule has 3 rings (SSSR count). The highest BCUT2D eigenvalue weighted by molar-refractivity contribution is 5.09. The monoisotopic (exact) mass is 231 g/mol. The third-order valence-electron chi connectivity index (χ3n) is 4.30. The molecule has 0 aromatic carbocycles. The predicted octanol–water partition coefficient (Wildman–Crippen LogP) is 1.58. The number of nitrogens with zero attached hydrogens (tertiary/aromatic N) is 2. The van der Waals surface area contributed by atoms with Crippen LogP contribution in [-0.4, -0.2) is 34.6 Å². The standard InChI is InChI=1S/C14H21N3/c15-12-8-13-3-4-14(9-12)17(13)7-5-11-2-1-6-16-10-11/h1-2,6,10,12-14H,3-5,7-9,15H2. The molecule has 3 heteroatoms. The average molecular weight is 231 g/mol. The molecule has 0 amide bonds. The van der Waals surface area contributed by atoms with E-state index in [9.17, 15) is 0 Å². The maximum Gasteiger partial charge on any atom is 0.0300 e. The largest absolute Gasteiger partial charge is 0.328 e. The zero-order valence-electron chi connectivity index (χ0n) is 10.3. The van der Waals surface area contributed by atoms with Crippen LogP contribution in [0.2, 0.25) is 0 Å². The molecule has 0 aliphatic carbocycles. The Hall–Kier alpha value is -0.930. The van der Waals surface area contributed by atoms with Crippen LogP contribution in [0.25, 0.3) is 0 Å². The molecular weight excluding hydrogens is 210 g/mol. The van der Waals surface area contributed by atoms with E-state index in [2.05, 4.69) is 16.0 Å². The van der Waals surface area contributed by atoms with Gasteiger partial charge in [0.1, 0.15) is 0 Å². The summed E-state index contributed by atoms with van der Waals surface area (Å²) in [5, 5.41) is 0. The van der Waals surface area contributed by atoms with Crippen LogP contribution in [0.1, 0.15) is 31.2 Å². The van der Waals surface area contributed by atoms with Crippen molar-refractivity contribution in [3.63, 3.8) is 0 Å². The highest BCUT2D eigenvalue weighted by Gasteiger charge is 2.38. The number of rotatable bonds is 3. The van der Waals surface area contributed by atoms with Gasteiger partial charge in [0.2, 0.25) is 0 Å². The second kappa shape index (κ2) is 4.75. The van der Waals surface area contributed by atoms with Crippen molar-refractivity contribution in [2.75, 3.05) is 6.54 Å². The molecule has 1 aromatic rings. The smallest absolute Gasteiger partial charge is 0.0300 e. The molecule has 17 heavy (non-hydrogen) atoms. The first-order valence-corrected chi connectivity index (χ1v) is 6.73. The van der Waals surface area contributed by atoms with Gasteiger partial charge in [-0.1, -0.05) is 6.07 Å². The SMILES string of the molecule is NC1CC2CCC(C1)N2CCc1cccnc1. The molecule has 3 heterocycles. The summed E-state index contributed by atoms with van der Waals surface area (Å²) in [6, 6.07) is 6.14. The van der Waals surface area contributed by atoms with Crippen LogP contribution in [0.4, 0.5) is 0 Å². The third kappa shape index (κ3) is 2.35. The van der Waals surface area contributed by atoms with E-state index < -0.39 is 0 Å². The topological polar surface area (TPSA) is 42.1 Å². The lowest BCUT2D eigenvalue weighted by Crippen LogP contribution is -2.48. The Morgan fingerprint density at radius 2 is 2.06 bits per heavy atom. The van der Waals surface area contributed by atoms with Gasteiger partial charge in [-0.2, -0.15) is 0 Å². The van der Waals surface area contributed by atoms with Gasteiger partial charge in [-0.15, -0.1) is 0 Å². The van der Waals surface area contributed by atoms with E-state index in [1.54, 1.807) is 0 Å².